The molecule has 0 radical (unpaired) electrons. The first-order valence-electron chi connectivity index (χ1n) is 4.14. The monoisotopic (exact) mass is 157 g/mol. The number of nitrogens with zero attached hydrogens (tertiary/aromatic N) is 1. The summed E-state index contributed by atoms with van der Waals surface area (Å²) in [6, 6.07) is 0. The number of hydrogen-bond donors (Lipinski definition) is 0. The Kier molecular flexibility index (Phi) is 1.69. The molecule has 10 heavy (non-hydrogen) atoms. The normalized spacial score (nSPS) is 30.9. The van der Waals surface area contributed by atoms with Crippen LogP contribution in [0.25, 0.3) is 0 Å². The summed E-state index contributed by atoms with van der Waals surface area (Å²) in [7, 11) is 0. The van der Waals surface area contributed by atoms with Gasteiger partial charge in [0.1, 0.15) is 0 Å². The molecular formula is C8H15NS. The lowest BCUT2D eigenvalue weighted by atomic mass is 9.97. The smallest absolute Gasteiger partial charge is 0.0146 e. The fraction of sp³-hybridized carbons (Fsp3) is 1.00. The van der Waals surface area contributed by atoms with Gasteiger partial charge in [-0.05, 0) is 37.4 Å². The van der Waals surface area contributed by atoms with Gasteiger partial charge in [0, 0.05) is 13.1 Å². The lowest BCUT2D eigenvalue weighted by Crippen LogP contribution is -2.30. The van der Waals surface area contributed by atoms with Crippen molar-refractivity contribution in [2.45, 2.75) is 25.7 Å². The Bertz CT molecular complexity index is 131. The third-order valence-electron chi connectivity index (χ3n) is 2.84. The molecule has 1 aliphatic carbocycles. The van der Waals surface area contributed by atoms with Crippen LogP contribution in [0.3, 0.4) is 0 Å². The maximum Gasteiger partial charge on any atom is 0.0146 e. The maximum absolute atomic E-state index is 2.52. The van der Waals surface area contributed by atoms with Gasteiger partial charge in [0.15, 0.2) is 0 Å². The molecule has 0 aromatic heterocycles. The summed E-state index contributed by atoms with van der Waals surface area (Å²) in [6.07, 6.45) is 8.14. The van der Waals surface area contributed by atoms with Crippen molar-refractivity contribution in [3.8, 4) is 0 Å². The summed E-state index contributed by atoms with van der Waals surface area (Å²) >= 11 is 1.92. The predicted octanol–water partition coefficient (Wildman–Crippen LogP) is 2.14. The molecule has 1 heterocycles. The van der Waals surface area contributed by atoms with Crippen molar-refractivity contribution in [2.24, 2.45) is 5.41 Å². The van der Waals surface area contributed by atoms with Crippen LogP contribution in [0.2, 0.25) is 0 Å². The molecule has 0 N–H and O–H groups in total. The zero-order chi connectivity index (χ0) is 7.03. The summed E-state index contributed by atoms with van der Waals surface area (Å²) in [6.45, 7) is 2.69. The van der Waals surface area contributed by atoms with Gasteiger partial charge in [-0.15, -0.1) is 0 Å². The van der Waals surface area contributed by atoms with Crippen molar-refractivity contribution in [3.05, 3.63) is 0 Å². The Morgan fingerprint density at radius 1 is 1.30 bits per heavy atom. The number of piperidine rings is 1. The highest BCUT2D eigenvalue weighted by Crippen LogP contribution is 2.52. The quantitative estimate of drug-likeness (QED) is 0.536. The number of hydrogen-bond acceptors (Lipinski definition) is 2. The molecule has 1 aliphatic heterocycles. The van der Waals surface area contributed by atoms with E-state index in [-0.39, 0.29) is 0 Å². The van der Waals surface area contributed by atoms with E-state index < -0.39 is 0 Å². The number of rotatable bonds is 1. The van der Waals surface area contributed by atoms with E-state index in [1.54, 1.807) is 0 Å². The fourth-order valence-electron chi connectivity index (χ4n) is 1.90. The highest BCUT2D eigenvalue weighted by atomic mass is 32.2. The van der Waals surface area contributed by atoms with Gasteiger partial charge in [-0.1, -0.05) is 11.9 Å². The van der Waals surface area contributed by atoms with E-state index in [9.17, 15) is 0 Å². The van der Waals surface area contributed by atoms with Crippen LogP contribution in [0.1, 0.15) is 25.7 Å². The second-order valence-electron chi connectivity index (χ2n) is 3.65. The van der Waals surface area contributed by atoms with Gasteiger partial charge in [0.25, 0.3) is 0 Å². The third-order valence-corrected chi connectivity index (χ3v) is 3.67. The Morgan fingerprint density at radius 2 is 2.10 bits per heavy atom. The average Bonchev–Trinajstić information content (AvgIpc) is 2.70. The van der Waals surface area contributed by atoms with Gasteiger partial charge in [-0.2, -0.15) is 0 Å². The van der Waals surface area contributed by atoms with E-state index in [0.717, 1.165) is 5.41 Å². The van der Waals surface area contributed by atoms with Gasteiger partial charge in [-0.3, -0.25) is 4.31 Å². The molecule has 0 unspecified atom stereocenters. The van der Waals surface area contributed by atoms with Gasteiger partial charge in [0.2, 0.25) is 0 Å². The summed E-state index contributed by atoms with van der Waals surface area (Å²) in [5.74, 6) is 0. The van der Waals surface area contributed by atoms with Crippen LogP contribution < -0.4 is 0 Å². The highest BCUT2D eigenvalue weighted by molar-refractivity contribution is 7.96. The minimum Gasteiger partial charge on any atom is -0.250 e. The second-order valence-corrected chi connectivity index (χ2v) is 4.53. The average molecular weight is 157 g/mol. The van der Waals surface area contributed by atoms with E-state index in [0.29, 0.717) is 0 Å². The molecule has 2 rings (SSSR count). The molecule has 2 heteroatoms. The first-order chi connectivity index (χ1) is 4.85. The zero-order valence-electron chi connectivity index (χ0n) is 6.60. The van der Waals surface area contributed by atoms with Crippen LogP contribution in [0.5, 0.6) is 0 Å². The Balaban J connectivity index is 1.91. The van der Waals surface area contributed by atoms with Gasteiger partial charge >= 0.3 is 0 Å². The summed E-state index contributed by atoms with van der Waals surface area (Å²) in [5.41, 5.74) is 0.807. The van der Waals surface area contributed by atoms with Crippen LogP contribution in [0, 0.1) is 5.41 Å². The molecule has 1 nitrogen and oxygen atoms in total. The Labute approximate surface area is 67.3 Å². The largest absolute Gasteiger partial charge is 0.250 e. The third kappa shape index (κ3) is 1.19. The highest BCUT2D eigenvalue weighted by Gasteiger charge is 2.45. The van der Waals surface area contributed by atoms with Crippen LogP contribution in [0.15, 0.2) is 0 Å². The molecular weight excluding hydrogens is 142 g/mol. The van der Waals surface area contributed by atoms with E-state index >= 15 is 0 Å². The lowest BCUT2D eigenvalue weighted by Gasteiger charge is -2.30. The zero-order valence-corrected chi connectivity index (χ0v) is 7.41. The molecule has 1 spiro atoms. The molecule has 1 saturated heterocycles. The maximum atomic E-state index is 2.52. The first kappa shape index (κ1) is 6.99. The molecule has 2 fully saturated rings. The SMILES string of the molecule is CSN1CCCC2(CC2)C1. The molecule has 0 aromatic carbocycles. The van der Waals surface area contributed by atoms with Crippen molar-refractivity contribution in [2.75, 3.05) is 19.3 Å². The summed E-state index contributed by atoms with van der Waals surface area (Å²) in [4.78, 5) is 0. The van der Waals surface area contributed by atoms with Crippen molar-refractivity contribution >= 4 is 11.9 Å². The van der Waals surface area contributed by atoms with E-state index in [2.05, 4.69) is 10.6 Å². The summed E-state index contributed by atoms with van der Waals surface area (Å²) < 4.78 is 2.52. The van der Waals surface area contributed by atoms with Gasteiger partial charge in [-0.25, -0.2) is 0 Å². The van der Waals surface area contributed by atoms with Crippen molar-refractivity contribution in [1.29, 1.82) is 0 Å². The lowest BCUT2D eigenvalue weighted by molar-refractivity contribution is 0.267. The molecule has 0 aromatic rings. The molecule has 0 atom stereocenters. The van der Waals surface area contributed by atoms with Crippen LogP contribution in [-0.4, -0.2) is 23.7 Å². The topological polar surface area (TPSA) is 3.24 Å². The van der Waals surface area contributed by atoms with Gasteiger partial charge in [0.05, 0.1) is 0 Å². The standard InChI is InChI=1S/C8H15NS/c1-10-9-6-2-3-8(7-9)4-5-8/h2-7H2,1H3. The Morgan fingerprint density at radius 3 is 2.70 bits per heavy atom. The van der Waals surface area contributed by atoms with E-state index in [1.807, 2.05) is 11.9 Å². The molecule has 1 saturated carbocycles. The van der Waals surface area contributed by atoms with Crippen LogP contribution in [-0.2, 0) is 0 Å². The van der Waals surface area contributed by atoms with E-state index in [4.69, 9.17) is 0 Å². The fourth-order valence-corrected chi connectivity index (χ4v) is 2.62. The molecule has 2 aliphatic rings. The molecule has 0 amide bonds. The van der Waals surface area contributed by atoms with Gasteiger partial charge < -0.3 is 0 Å². The van der Waals surface area contributed by atoms with Crippen molar-refractivity contribution < 1.29 is 0 Å². The first-order valence-corrected chi connectivity index (χ1v) is 5.32. The van der Waals surface area contributed by atoms with E-state index in [1.165, 1.54) is 38.8 Å². The van der Waals surface area contributed by atoms with Crippen molar-refractivity contribution in [1.82, 2.24) is 4.31 Å². The van der Waals surface area contributed by atoms with Crippen molar-refractivity contribution in [3.63, 3.8) is 0 Å². The van der Waals surface area contributed by atoms with Crippen LogP contribution in [0.4, 0.5) is 0 Å². The molecule has 0 bridgehead atoms. The second kappa shape index (κ2) is 2.42. The minimum absolute atomic E-state index is 0.807. The van der Waals surface area contributed by atoms with Crippen LogP contribution >= 0.6 is 11.9 Å². The predicted molar refractivity (Wildman–Crippen MR) is 46.0 cm³/mol. The summed E-state index contributed by atoms with van der Waals surface area (Å²) in [5, 5.41) is 0. The minimum atomic E-state index is 0.807. The molecule has 58 valence electrons. The Hall–Kier alpha value is 0.310.